The Balaban J connectivity index is 2.93. The molecular formula is C9H14O3. The smallest absolute Gasteiger partial charge is 0.337 e. The zero-order valence-electron chi connectivity index (χ0n) is 7.63. The molecule has 0 fully saturated rings. The summed E-state index contributed by atoms with van der Waals surface area (Å²) in [4.78, 5) is 11.1. The van der Waals surface area contributed by atoms with Gasteiger partial charge in [0.25, 0.3) is 0 Å². The van der Waals surface area contributed by atoms with Crippen molar-refractivity contribution >= 4 is 5.97 Å². The third kappa shape index (κ3) is 1.31. The molecule has 0 aliphatic carbocycles. The molecule has 0 spiro atoms. The predicted octanol–water partition coefficient (Wildman–Crippen LogP) is 1.79. The van der Waals surface area contributed by atoms with E-state index in [0.29, 0.717) is 5.57 Å². The number of hydrogen-bond acceptors (Lipinski definition) is 3. The van der Waals surface area contributed by atoms with Gasteiger partial charge in [-0.2, -0.15) is 0 Å². The van der Waals surface area contributed by atoms with Crippen LogP contribution in [0.3, 0.4) is 0 Å². The Morgan fingerprint density at radius 3 is 2.67 bits per heavy atom. The Bertz CT molecular complexity index is 230. The van der Waals surface area contributed by atoms with E-state index in [2.05, 4.69) is 0 Å². The van der Waals surface area contributed by atoms with Gasteiger partial charge in [-0.05, 0) is 13.3 Å². The summed E-state index contributed by atoms with van der Waals surface area (Å²) in [6.07, 6.45) is 0.575. The quantitative estimate of drug-likeness (QED) is 0.610. The summed E-state index contributed by atoms with van der Waals surface area (Å²) in [5.41, 5.74) is 0.340. The van der Waals surface area contributed by atoms with Crippen molar-refractivity contribution in [3.05, 3.63) is 11.3 Å². The number of hydrogen-bond donors (Lipinski definition) is 1. The minimum Gasteiger partial charge on any atom is -0.511 e. The number of rotatable bonds is 1. The van der Waals surface area contributed by atoms with E-state index in [1.165, 1.54) is 0 Å². The maximum Gasteiger partial charge on any atom is 0.337 e. The van der Waals surface area contributed by atoms with Gasteiger partial charge in [-0.1, -0.05) is 13.8 Å². The van der Waals surface area contributed by atoms with Gasteiger partial charge in [0, 0.05) is 0 Å². The van der Waals surface area contributed by atoms with Gasteiger partial charge in [0.05, 0.1) is 11.5 Å². The Hall–Kier alpha value is -0.990. The fraction of sp³-hybridized carbons (Fsp3) is 0.667. The average molecular weight is 170 g/mol. The SMILES string of the molecule is CC[C@H]1OC(=O)C(C)=C(O)[C@@H]1C. The van der Waals surface area contributed by atoms with Crippen molar-refractivity contribution in [2.75, 3.05) is 0 Å². The van der Waals surface area contributed by atoms with E-state index in [1.807, 2.05) is 13.8 Å². The molecule has 0 aromatic heterocycles. The van der Waals surface area contributed by atoms with Gasteiger partial charge in [-0.3, -0.25) is 0 Å². The highest BCUT2D eigenvalue weighted by Gasteiger charge is 2.31. The molecule has 0 radical (unpaired) electrons. The van der Waals surface area contributed by atoms with Crippen molar-refractivity contribution in [3.8, 4) is 0 Å². The van der Waals surface area contributed by atoms with Gasteiger partial charge in [-0.25, -0.2) is 4.79 Å². The summed E-state index contributed by atoms with van der Waals surface area (Å²) in [6, 6.07) is 0. The first kappa shape index (κ1) is 9.10. The standard InChI is InChI=1S/C9H14O3/c1-4-7-5(2)8(10)6(3)9(11)12-7/h5,7,10H,4H2,1-3H3/t5-,7-/m1/s1. The minimum absolute atomic E-state index is 0.0623. The van der Waals surface area contributed by atoms with Crippen molar-refractivity contribution in [2.45, 2.75) is 33.3 Å². The number of aliphatic hydroxyl groups is 1. The van der Waals surface area contributed by atoms with Crippen molar-refractivity contribution in [1.29, 1.82) is 0 Å². The largest absolute Gasteiger partial charge is 0.511 e. The summed E-state index contributed by atoms with van der Waals surface area (Å²) in [5.74, 6) is -0.275. The van der Waals surface area contributed by atoms with Gasteiger partial charge in [-0.15, -0.1) is 0 Å². The average Bonchev–Trinajstić information content (AvgIpc) is 2.08. The van der Waals surface area contributed by atoms with Crippen LogP contribution in [-0.4, -0.2) is 17.2 Å². The third-order valence-electron chi connectivity index (χ3n) is 2.34. The lowest BCUT2D eigenvalue weighted by atomic mass is 9.95. The highest BCUT2D eigenvalue weighted by Crippen LogP contribution is 2.26. The normalized spacial score (nSPS) is 30.4. The molecule has 1 rings (SSSR count). The van der Waals surface area contributed by atoms with Crippen LogP contribution in [0.1, 0.15) is 27.2 Å². The number of aliphatic hydroxyl groups excluding tert-OH is 1. The van der Waals surface area contributed by atoms with E-state index in [1.54, 1.807) is 6.92 Å². The van der Waals surface area contributed by atoms with E-state index in [4.69, 9.17) is 4.74 Å². The predicted molar refractivity (Wildman–Crippen MR) is 44.7 cm³/mol. The van der Waals surface area contributed by atoms with Crippen LogP contribution in [0.5, 0.6) is 0 Å². The van der Waals surface area contributed by atoms with E-state index in [-0.39, 0.29) is 17.8 Å². The summed E-state index contributed by atoms with van der Waals surface area (Å²) in [5, 5.41) is 9.50. The molecule has 1 aliphatic rings. The zero-order chi connectivity index (χ0) is 9.30. The van der Waals surface area contributed by atoms with Crippen LogP contribution in [0, 0.1) is 5.92 Å². The van der Waals surface area contributed by atoms with Crippen LogP contribution in [0.15, 0.2) is 11.3 Å². The molecule has 0 aromatic rings. The fourth-order valence-electron chi connectivity index (χ4n) is 1.39. The number of esters is 1. The first-order chi connectivity index (χ1) is 5.57. The van der Waals surface area contributed by atoms with Crippen molar-refractivity contribution in [1.82, 2.24) is 0 Å². The van der Waals surface area contributed by atoms with Gasteiger partial charge >= 0.3 is 5.97 Å². The molecule has 0 saturated heterocycles. The van der Waals surface area contributed by atoms with Crippen LogP contribution in [0.4, 0.5) is 0 Å². The number of carbonyl (C=O) groups is 1. The summed E-state index contributed by atoms with van der Waals surface area (Å²) < 4.78 is 5.07. The molecule has 0 bridgehead atoms. The lowest BCUT2D eigenvalue weighted by Crippen LogP contribution is -2.32. The molecule has 1 N–H and O–H groups in total. The fourth-order valence-corrected chi connectivity index (χ4v) is 1.39. The number of ether oxygens (including phenoxy) is 1. The summed E-state index contributed by atoms with van der Waals surface area (Å²) in [6.45, 7) is 5.38. The molecular weight excluding hydrogens is 156 g/mol. The summed E-state index contributed by atoms with van der Waals surface area (Å²) in [7, 11) is 0. The molecule has 1 heterocycles. The molecule has 0 aromatic carbocycles. The van der Waals surface area contributed by atoms with Crippen LogP contribution in [-0.2, 0) is 9.53 Å². The van der Waals surface area contributed by atoms with Crippen molar-refractivity contribution in [3.63, 3.8) is 0 Å². The Morgan fingerprint density at radius 2 is 2.17 bits per heavy atom. The molecule has 0 amide bonds. The molecule has 0 unspecified atom stereocenters. The van der Waals surface area contributed by atoms with Gasteiger partial charge in [0.1, 0.15) is 11.9 Å². The Kier molecular flexibility index (Phi) is 2.40. The highest BCUT2D eigenvalue weighted by molar-refractivity contribution is 5.89. The number of carbonyl (C=O) groups excluding carboxylic acids is 1. The molecule has 3 nitrogen and oxygen atoms in total. The van der Waals surface area contributed by atoms with Crippen LogP contribution >= 0.6 is 0 Å². The van der Waals surface area contributed by atoms with Crippen LogP contribution in [0.2, 0.25) is 0 Å². The topological polar surface area (TPSA) is 46.5 Å². The van der Waals surface area contributed by atoms with Crippen LogP contribution < -0.4 is 0 Å². The lowest BCUT2D eigenvalue weighted by Gasteiger charge is -2.28. The molecule has 3 heteroatoms. The maximum atomic E-state index is 11.1. The first-order valence-electron chi connectivity index (χ1n) is 4.18. The van der Waals surface area contributed by atoms with Crippen LogP contribution in [0.25, 0.3) is 0 Å². The monoisotopic (exact) mass is 170 g/mol. The van der Waals surface area contributed by atoms with Gasteiger partial charge in [0.15, 0.2) is 0 Å². The second-order valence-electron chi connectivity index (χ2n) is 3.15. The minimum atomic E-state index is -0.391. The zero-order valence-corrected chi connectivity index (χ0v) is 7.63. The van der Waals surface area contributed by atoms with E-state index < -0.39 is 5.97 Å². The maximum absolute atomic E-state index is 11.1. The Morgan fingerprint density at radius 1 is 1.58 bits per heavy atom. The van der Waals surface area contributed by atoms with Gasteiger partial charge in [0.2, 0.25) is 0 Å². The molecule has 12 heavy (non-hydrogen) atoms. The van der Waals surface area contributed by atoms with Gasteiger partial charge < -0.3 is 9.84 Å². The molecule has 0 saturated carbocycles. The molecule has 2 atom stereocenters. The third-order valence-corrected chi connectivity index (χ3v) is 2.34. The van der Waals surface area contributed by atoms with E-state index in [9.17, 15) is 9.90 Å². The lowest BCUT2D eigenvalue weighted by molar-refractivity contribution is -0.149. The first-order valence-corrected chi connectivity index (χ1v) is 4.18. The van der Waals surface area contributed by atoms with E-state index >= 15 is 0 Å². The number of cyclic esters (lactones) is 1. The summed E-state index contributed by atoms with van der Waals surface area (Å²) >= 11 is 0. The van der Waals surface area contributed by atoms with E-state index in [0.717, 1.165) is 6.42 Å². The van der Waals surface area contributed by atoms with Crippen molar-refractivity contribution in [2.24, 2.45) is 5.92 Å². The second kappa shape index (κ2) is 3.17. The van der Waals surface area contributed by atoms with Crippen molar-refractivity contribution < 1.29 is 14.6 Å². The second-order valence-corrected chi connectivity index (χ2v) is 3.15. The Labute approximate surface area is 72.0 Å². The molecule has 1 aliphatic heterocycles. The highest BCUT2D eigenvalue weighted by atomic mass is 16.5. The molecule has 68 valence electrons.